The lowest BCUT2D eigenvalue weighted by molar-refractivity contribution is 0.318. The molecule has 0 spiro atoms. The van der Waals surface area contributed by atoms with E-state index in [1.807, 2.05) is 0 Å². The van der Waals surface area contributed by atoms with Crippen LogP contribution in [-0.4, -0.2) is 21.2 Å². The SMILES string of the molecule is N/C(=N/O)c1cc2cn[nH]c2cc1Cl. The van der Waals surface area contributed by atoms with Gasteiger partial charge in [0, 0.05) is 10.9 Å². The number of oxime groups is 1. The van der Waals surface area contributed by atoms with Crippen molar-refractivity contribution >= 4 is 28.3 Å². The number of hydrogen-bond donors (Lipinski definition) is 3. The highest BCUT2D eigenvalue weighted by molar-refractivity contribution is 6.34. The first-order chi connectivity index (χ1) is 6.72. The number of rotatable bonds is 1. The van der Waals surface area contributed by atoms with Crippen LogP contribution < -0.4 is 5.73 Å². The molecule has 1 aromatic heterocycles. The van der Waals surface area contributed by atoms with Gasteiger partial charge < -0.3 is 10.9 Å². The van der Waals surface area contributed by atoms with Crippen molar-refractivity contribution in [1.29, 1.82) is 0 Å². The van der Waals surface area contributed by atoms with Gasteiger partial charge in [-0.2, -0.15) is 5.10 Å². The second-order valence-corrected chi connectivity index (χ2v) is 3.18. The van der Waals surface area contributed by atoms with Crippen LogP contribution in [0.1, 0.15) is 5.56 Å². The molecule has 5 nitrogen and oxygen atoms in total. The average molecular weight is 211 g/mol. The van der Waals surface area contributed by atoms with Crippen molar-refractivity contribution in [2.75, 3.05) is 0 Å². The Balaban J connectivity index is 2.71. The van der Waals surface area contributed by atoms with E-state index in [0.717, 1.165) is 10.9 Å². The highest BCUT2D eigenvalue weighted by Gasteiger charge is 2.07. The number of nitrogens with zero attached hydrogens (tertiary/aromatic N) is 2. The van der Waals surface area contributed by atoms with Crippen LogP contribution in [0.15, 0.2) is 23.5 Å². The topological polar surface area (TPSA) is 87.3 Å². The third-order valence-electron chi connectivity index (χ3n) is 1.91. The lowest BCUT2D eigenvalue weighted by Crippen LogP contribution is -2.13. The van der Waals surface area contributed by atoms with Gasteiger partial charge in [0.15, 0.2) is 5.84 Å². The van der Waals surface area contributed by atoms with E-state index >= 15 is 0 Å². The molecule has 0 atom stereocenters. The first-order valence-electron chi connectivity index (χ1n) is 3.83. The highest BCUT2D eigenvalue weighted by Crippen LogP contribution is 2.22. The molecule has 4 N–H and O–H groups in total. The second-order valence-electron chi connectivity index (χ2n) is 2.77. The zero-order chi connectivity index (χ0) is 10.1. The van der Waals surface area contributed by atoms with Crippen molar-refractivity contribution in [3.63, 3.8) is 0 Å². The van der Waals surface area contributed by atoms with E-state index in [9.17, 15) is 0 Å². The summed E-state index contributed by atoms with van der Waals surface area (Å²) in [6.07, 6.45) is 1.64. The van der Waals surface area contributed by atoms with Gasteiger partial charge in [-0.3, -0.25) is 5.10 Å². The minimum absolute atomic E-state index is 0.0156. The van der Waals surface area contributed by atoms with E-state index in [0.29, 0.717) is 10.6 Å². The number of hydrogen-bond acceptors (Lipinski definition) is 3. The molecule has 0 saturated heterocycles. The van der Waals surface area contributed by atoms with Gasteiger partial charge >= 0.3 is 0 Å². The summed E-state index contributed by atoms with van der Waals surface area (Å²) in [4.78, 5) is 0. The molecule has 0 radical (unpaired) electrons. The fourth-order valence-corrected chi connectivity index (χ4v) is 1.48. The number of nitrogens with two attached hydrogens (primary N) is 1. The van der Waals surface area contributed by atoms with E-state index in [2.05, 4.69) is 15.4 Å². The maximum Gasteiger partial charge on any atom is 0.171 e. The number of amidine groups is 1. The molecule has 0 aliphatic carbocycles. The Labute approximate surface area is 84.2 Å². The zero-order valence-corrected chi connectivity index (χ0v) is 7.78. The van der Waals surface area contributed by atoms with Gasteiger partial charge in [-0.15, -0.1) is 0 Å². The lowest BCUT2D eigenvalue weighted by Gasteiger charge is -2.01. The van der Waals surface area contributed by atoms with Gasteiger partial charge in [0.2, 0.25) is 0 Å². The lowest BCUT2D eigenvalue weighted by atomic mass is 10.1. The van der Waals surface area contributed by atoms with Gasteiger partial charge in [-0.25, -0.2) is 0 Å². The highest BCUT2D eigenvalue weighted by atomic mass is 35.5. The molecule has 2 aromatic rings. The predicted octanol–water partition coefficient (Wildman–Crippen LogP) is 1.31. The Kier molecular flexibility index (Phi) is 2.01. The number of aromatic amines is 1. The summed E-state index contributed by atoms with van der Waals surface area (Å²) in [5.41, 5.74) is 6.74. The van der Waals surface area contributed by atoms with Gasteiger partial charge in [0.25, 0.3) is 0 Å². The van der Waals surface area contributed by atoms with Crippen molar-refractivity contribution in [3.8, 4) is 0 Å². The Morgan fingerprint density at radius 1 is 1.57 bits per heavy atom. The van der Waals surface area contributed by atoms with Gasteiger partial charge in [-0.1, -0.05) is 16.8 Å². The summed E-state index contributed by atoms with van der Waals surface area (Å²) in [5, 5.41) is 19.3. The van der Waals surface area contributed by atoms with Crippen molar-refractivity contribution < 1.29 is 5.21 Å². The standard InChI is InChI=1S/C8H7ClN4O/c9-6-2-7-4(3-11-12-7)1-5(6)8(10)13-14/h1-3,14H,(H2,10,13)(H,11,12). The van der Waals surface area contributed by atoms with Crippen molar-refractivity contribution in [2.45, 2.75) is 0 Å². The van der Waals surface area contributed by atoms with Gasteiger partial charge in [0.05, 0.1) is 16.7 Å². The molecule has 14 heavy (non-hydrogen) atoms. The molecule has 0 bridgehead atoms. The number of benzene rings is 1. The number of halogens is 1. The van der Waals surface area contributed by atoms with Crippen molar-refractivity contribution in [1.82, 2.24) is 10.2 Å². The summed E-state index contributed by atoms with van der Waals surface area (Å²) < 4.78 is 0. The molecular formula is C8H7ClN4O. The molecule has 0 saturated carbocycles. The predicted molar refractivity (Wildman–Crippen MR) is 53.6 cm³/mol. The summed E-state index contributed by atoms with van der Waals surface area (Å²) >= 11 is 5.91. The zero-order valence-electron chi connectivity index (χ0n) is 7.03. The minimum Gasteiger partial charge on any atom is -0.409 e. The molecule has 72 valence electrons. The third kappa shape index (κ3) is 1.27. The second kappa shape index (κ2) is 3.19. The molecule has 0 unspecified atom stereocenters. The molecule has 1 heterocycles. The van der Waals surface area contributed by atoms with Crippen LogP contribution in [-0.2, 0) is 0 Å². The number of fused-ring (bicyclic) bond motifs is 1. The van der Waals surface area contributed by atoms with Crippen molar-refractivity contribution in [3.05, 3.63) is 28.9 Å². The fraction of sp³-hybridized carbons (Fsp3) is 0. The molecule has 1 aromatic carbocycles. The van der Waals surface area contributed by atoms with Crippen LogP contribution in [0.5, 0.6) is 0 Å². The smallest absolute Gasteiger partial charge is 0.171 e. The van der Waals surface area contributed by atoms with E-state index in [1.165, 1.54) is 0 Å². The van der Waals surface area contributed by atoms with Crippen LogP contribution in [0, 0.1) is 0 Å². The fourth-order valence-electron chi connectivity index (χ4n) is 1.22. The van der Waals surface area contributed by atoms with Gasteiger partial charge in [0.1, 0.15) is 0 Å². The summed E-state index contributed by atoms with van der Waals surface area (Å²) in [7, 11) is 0. The monoisotopic (exact) mass is 210 g/mol. The van der Waals surface area contributed by atoms with Crippen molar-refractivity contribution in [2.24, 2.45) is 10.9 Å². The van der Waals surface area contributed by atoms with Crippen LogP contribution in [0.3, 0.4) is 0 Å². The Morgan fingerprint density at radius 2 is 2.36 bits per heavy atom. The number of nitrogens with one attached hydrogen (secondary N) is 1. The quantitative estimate of drug-likeness (QED) is 0.287. The third-order valence-corrected chi connectivity index (χ3v) is 2.22. The Bertz CT molecular complexity index is 505. The normalized spacial score (nSPS) is 12.2. The average Bonchev–Trinajstić information content (AvgIpc) is 2.62. The molecule has 0 aliphatic rings. The van der Waals surface area contributed by atoms with E-state index in [1.54, 1.807) is 18.3 Å². The largest absolute Gasteiger partial charge is 0.409 e. The first kappa shape index (κ1) is 8.83. The van der Waals surface area contributed by atoms with Gasteiger partial charge in [-0.05, 0) is 12.1 Å². The first-order valence-corrected chi connectivity index (χ1v) is 4.20. The summed E-state index contributed by atoms with van der Waals surface area (Å²) in [5.74, 6) is -0.0156. The van der Waals surface area contributed by atoms with Crippen LogP contribution in [0.25, 0.3) is 10.9 Å². The molecule has 0 aliphatic heterocycles. The summed E-state index contributed by atoms with van der Waals surface area (Å²) in [6.45, 7) is 0. The maximum absolute atomic E-state index is 8.52. The van der Waals surface area contributed by atoms with Crippen LogP contribution >= 0.6 is 11.6 Å². The molecular weight excluding hydrogens is 204 g/mol. The molecule has 0 fully saturated rings. The van der Waals surface area contributed by atoms with Crippen LogP contribution in [0.4, 0.5) is 0 Å². The summed E-state index contributed by atoms with van der Waals surface area (Å²) in [6, 6.07) is 3.38. The van der Waals surface area contributed by atoms with E-state index < -0.39 is 0 Å². The Morgan fingerprint density at radius 3 is 3.07 bits per heavy atom. The Hall–Kier alpha value is -1.75. The number of aromatic nitrogens is 2. The van der Waals surface area contributed by atoms with E-state index in [4.69, 9.17) is 22.5 Å². The molecule has 6 heteroatoms. The maximum atomic E-state index is 8.52. The van der Waals surface area contributed by atoms with Crippen LogP contribution in [0.2, 0.25) is 5.02 Å². The molecule has 0 amide bonds. The van der Waals surface area contributed by atoms with E-state index in [-0.39, 0.29) is 5.84 Å². The minimum atomic E-state index is -0.0156. The molecule has 2 rings (SSSR count). The number of H-pyrrole nitrogens is 1.